The van der Waals surface area contributed by atoms with Crippen molar-refractivity contribution >= 4 is 23.4 Å². The van der Waals surface area contributed by atoms with Crippen molar-refractivity contribution in [3.05, 3.63) is 35.7 Å². The van der Waals surface area contributed by atoms with Gasteiger partial charge in [-0.1, -0.05) is 6.07 Å². The number of rotatable bonds is 3. The van der Waals surface area contributed by atoms with Crippen LogP contribution in [-0.2, 0) is 4.79 Å². The van der Waals surface area contributed by atoms with E-state index in [1.54, 1.807) is 18.0 Å². The van der Waals surface area contributed by atoms with Crippen molar-refractivity contribution in [1.82, 2.24) is 4.98 Å². The zero-order chi connectivity index (χ0) is 16.4. The molecule has 2 N–H and O–H groups in total. The van der Waals surface area contributed by atoms with Gasteiger partial charge in [0.05, 0.1) is 5.69 Å². The van der Waals surface area contributed by atoms with Crippen molar-refractivity contribution in [3.63, 3.8) is 0 Å². The SMILES string of the molecule is Cc1coc(-c2cc(NC(=O)C3(O)CCSCC3)ccc2C)n1. The van der Waals surface area contributed by atoms with Gasteiger partial charge in [-0.2, -0.15) is 11.8 Å². The molecule has 2 heterocycles. The quantitative estimate of drug-likeness (QED) is 0.903. The van der Waals surface area contributed by atoms with Crippen LogP contribution in [-0.4, -0.2) is 33.1 Å². The number of hydrogen-bond donors (Lipinski definition) is 2. The highest BCUT2D eigenvalue weighted by Crippen LogP contribution is 2.30. The zero-order valence-electron chi connectivity index (χ0n) is 13.3. The van der Waals surface area contributed by atoms with Crippen LogP contribution in [0.15, 0.2) is 28.9 Å². The third-order valence-electron chi connectivity index (χ3n) is 4.09. The third kappa shape index (κ3) is 3.43. The van der Waals surface area contributed by atoms with Crippen molar-refractivity contribution in [3.8, 4) is 11.5 Å². The molecule has 1 saturated heterocycles. The topological polar surface area (TPSA) is 75.4 Å². The first-order valence-electron chi connectivity index (χ1n) is 7.63. The summed E-state index contributed by atoms with van der Waals surface area (Å²) in [6.45, 7) is 3.83. The lowest BCUT2D eigenvalue weighted by molar-refractivity contribution is -0.134. The van der Waals surface area contributed by atoms with Crippen molar-refractivity contribution in [1.29, 1.82) is 0 Å². The molecule has 0 bridgehead atoms. The van der Waals surface area contributed by atoms with Crippen LogP contribution in [0.1, 0.15) is 24.1 Å². The number of amides is 1. The molecule has 0 radical (unpaired) electrons. The van der Waals surface area contributed by atoms with Crippen LogP contribution in [0.5, 0.6) is 0 Å². The number of nitrogens with one attached hydrogen (secondary N) is 1. The predicted molar refractivity (Wildman–Crippen MR) is 91.6 cm³/mol. The summed E-state index contributed by atoms with van der Waals surface area (Å²) in [5.41, 5.74) is 2.02. The molecular formula is C17H20N2O3S. The molecule has 0 saturated carbocycles. The lowest BCUT2D eigenvalue weighted by atomic mass is 9.95. The van der Waals surface area contributed by atoms with Gasteiger partial charge in [-0.25, -0.2) is 4.98 Å². The summed E-state index contributed by atoms with van der Waals surface area (Å²) in [5, 5.41) is 13.3. The second kappa shape index (κ2) is 6.37. The second-order valence-corrected chi connectivity index (χ2v) is 7.15. The summed E-state index contributed by atoms with van der Waals surface area (Å²) in [4.78, 5) is 16.8. The second-order valence-electron chi connectivity index (χ2n) is 5.92. The van der Waals surface area contributed by atoms with Gasteiger partial charge in [-0.3, -0.25) is 4.79 Å². The van der Waals surface area contributed by atoms with Crippen LogP contribution in [0.3, 0.4) is 0 Å². The minimum absolute atomic E-state index is 0.337. The summed E-state index contributed by atoms with van der Waals surface area (Å²) in [6.07, 6.45) is 2.57. The number of aromatic nitrogens is 1. The van der Waals surface area contributed by atoms with Crippen molar-refractivity contribution in [2.45, 2.75) is 32.3 Å². The number of anilines is 1. The number of benzene rings is 1. The Labute approximate surface area is 139 Å². The summed E-state index contributed by atoms with van der Waals surface area (Å²) in [7, 11) is 0. The summed E-state index contributed by atoms with van der Waals surface area (Å²) in [6, 6.07) is 5.57. The van der Waals surface area contributed by atoms with Gasteiger partial charge in [0, 0.05) is 11.3 Å². The van der Waals surface area contributed by atoms with Crippen molar-refractivity contribution < 1.29 is 14.3 Å². The third-order valence-corrected chi connectivity index (χ3v) is 5.07. The minimum Gasteiger partial charge on any atom is -0.444 e. The van der Waals surface area contributed by atoms with E-state index in [0.717, 1.165) is 28.3 Å². The van der Waals surface area contributed by atoms with Crippen molar-refractivity contribution in [2.24, 2.45) is 0 Å². The molecule has 1 aromatic heterocycles. The van der Waals surface area contributed by atoms with Gasteiger partial charge in [0.25, 0.3) is 5.91 Å². The Morgan fingerprint density at radius 2 is 2.09 bits per heavy atom. The molecule has 0 unspecified atom stereocenters. The molecule has 3 rings (SSSR count). The zero-order valence-corrected chi connectivity index (χ0v) is 14.1. The number of hydrogen-bond acceptors (Lipinski definition) is 5. The van der Waals surface area contributed by atoms with E-state index < -0.39 is 5.60 Å². The van der Waals surface area contributed by atoms with E-state index in [0.29, 0.717) is 24.4 Å². The number of aliphatic hydroxyl groups is 1. The Hall–Kier alpha value is -1.79. The van der Waals surface area contributed by atoms with Gasteiger partial charge in [0.15, 0.2) is 0 Å². The standard InChI is InChI=1S/C17H20N2O3S/c1-11-3-4-13(9-14(11)15-18-12(2)10-22-15)19-16(20)17(21)5-7-23-8-6-17/h3-4,9-10,21H,5-8H2,1-2H3,(H,19,20). The Kier molecular flexibility index (Phi) is 4.46. The highest BCUT2D eigenvalue weighted by Gasteiger charge is 2.37. The van der Waals surface area contributed by atoms with E-state index in [2.05, 4.69) is 10.3 Å². The number of carbonyl (C=O) groups is 1. The largest absolute Gasteiger partial charge is 0.444 e. The predicted octanol–water partition coefficient (Wildman–Crippen LogP) is 3.16. The summed E-state index contributed by atoms with van der Waals surface area (Å²) >= 11 is 1.76. The average molecular weight is 332 g/mol. The van der Waals surface area contributed by atoms with E-state index in [-0.39, 0.29) is 5.91 Å². The van der Waals surface area contributed by atoms with Crippen LogP contribution < -0.4 is 5.32 Å². The first-order chi connectivity index (χ1) is 11.0. The highest BCUT2D eigenvalue weighted by atomic mass is 32.2. The van der Waals surface area contributed by atoms with Gasteiger partial charge in [-0.05, 0) is 55.9 Å². The minimum atomic E-state index is -1.27. The molecule has 1 fully saturated rings. The number of carbonyl (C=O) groups excluding carboxylic acids is 1. The van der Waals surface area contributed by atoms with Crippen LogP contribution in [0.2, 0.25) is 0 Å². The molecule has 2 aromatic rings. The highest BCUT2D eigenvalue weighted by molar-refractivity contribution is 7.99. The number of nitrogens with zero attached hydrogens (tertiary/aromatic N) is 1. The van der Waals surface area contributed by atoms with Gasteiger partial charge in [-0.15, -0.1) is 0 Å². The molecule has 1 aliphatic heterocycles. The molecule has 23 heavy (non-hydrogen) atoms. The van der Waals surface area contributed by atoms with Crippen LogP contribution in [0, 0.1) is 13.8 Å². The van der Waals surface area contributed by atoms with Crippen LogP contribution in [0.25, 0.3) is 11.5 Å². The lowest BCUT2D eigenvalue weighted by Crippen LogP contribution is -2.45. The monoisotopic (exact) mass is 332 g/mol. The molecule has 1 aromatic carbocycles. The fraction of sp³-hybridized carbons (Fsp3) is 0.412. The maximum absolute atomic E-state index is 12.4. The molecule has 5 nitrogen and oxygen atoms in total. The van der Waals surface area contributed by atoms with Crippen LogP contribution >= 0.6 is 11.8 Å². The van der Waals surface area contributed by atoms with E-state index >= 15 is 0 Å². The Morgan fingerprint density at radius 3 is 2.74 bits per heavy atom. The summed E-state index contributed by atoms with van der Waals surface area (Å²) < 4.78 is 5.45. The number of aryl methyl sites for hydroxylation is 2. The van der Waals surface area contributed by atoms with Gasteiger partial charge >= 0.3 is 0 Å². The molecule has 6 heteroatoms. The summed E-state index contributed by atoms with van der Waals surface area (Å²) in [5.74, 6) is 1.80. The first-order valence-corrected chi connectivity index (χ1v) is 8.78. The Balaban J connectivity index is 1.82. The normalized spacial score (nSPS) is 17.0. The molecule has 1 amide bonds. The van der Waals surface area contributed by atoms with E-state index in [9.17, 15) is 9.90 Å². The fourth-order valence-electron chi connectivity index (χ4n) is 2.59. The van der Waals surface area contributed by atoms with Gasteiger partial charge in [0.1, 0.15) is 11.9 Å². The molecule has 1 aliphatic rings. The molecular weight excluding hydrogens is 312 g/mol. The van der Waals surface area contributed by atoms with E-state index in [1.807, 2.05) is 32.0 Å². The average Bonchev–Trinajstić information content (AvgIpc) is 2.96. The first kappa shape index (κ1) is 16.1. The Bertz CT molecular complexity index is 720. The number of oxazole rings is 1. The smallest absolute Gasteiger partial charge is 0.256 e. The molecule has 0 atom stereocenters. The van der Waals surface area contributed by atoms with Crippen LogP contribution in [0.4, 0.5) is 5.69 Å². The number of thioether (sulfide) groups is 1. The fourth-order valence-corrected chi connectivity index (χ4v) is 3.76. The van der Waals surface area contributed by atoms with Gasteiger partial charge in [0.2, 0.25) is 5.89 Å². The molecule has 0 aliphatic carbocycles. The van der Waals surface area contributed by atoms with Gasteiger partial charge < -0.3 is 14.8 Å². The lowest BCUT2D eigenvalue weighted by Gasteiger charge is -2.30. The maximum Gasteiger partial charge on any atom is 0.256 e. The molecule has 122 valence electrons. The van der Waals surface area contributed by atoms with E-state index in [1.165, 1.54) is 0 Å². The van der Waals surface area contributed by atoms with E-state index in [4.69, 9.17) is 4.42 Å². The van der Waals surface area contributed by atoms with Crippen molar-refractivity contribution in [2.75, 3.05) is 16.8 Å². The Morgan fingerprint density at radius 1 is 1.35 bits per heavy atom. The maximum atomic E-state index is 12.4. The molecule has 0 spiro atoms.